The summed E-state index contributed by atoms with van der Waals surface area (Å²) in [6.07, 6.45) is 2.15. The molecule has 184 valence electrons. The molecular formula is C24H24ClFN4O4S. The highest BCUT2D eigenvalue weighted by Crippen LogP contribution is 2.23. The van der Waals surface area contributed by atoms with Crippen LogP contribution in [0.3, 0.4) is 0 Å². The second kappa shape index (κ2) is 11.1. The molecule has 2 N–H and O–H groups in total. The number of anilines is 1. The van der Waals surface area contributed by atoms with E-state index < -0.39 is 11.7 Å². The molecular weight excluding hydrogens is 495 g/mol. The maximum Gasteiger partial charge on any atom is 0.261 e. The lowest BCUT2D eigenvalue weighted by atomic mass is 10.2. The Morgan fingerprint density at radius 3 is 2.74 bits per heavy atom. The van der Waals surface area contributed by atoms with Crippen LogP contribution in [0.1, 0.15) is 16.1 Å². The SMILES string of the molecule is COC[C@@H]1C[C@@H](NC(=O)c2ccc(Cl)s2)CN1CC(=O)Nc1ccc(-n2ccccc2=O)cc1F. The first-order valence-electron chi connectivity index (χ1n) is 10.9. The molecule has 2 amide bonds. The molecule has 1 aliphatic heterocycles. The summed E-state index contributed by atoms with van der Waals surface area (Å²) in [6, 6.07) is 11.9. The Labute approximate surface area is 210 Å². The number of nitrogens with one attached hydrogen (secondary N) is 2. The molecule has 1 fully saturated rings. The zero-order chi connectivity index (χ0) is 24.9. The molecule has 3 aromatic rings. The number of carbonyl (C=O) groups excluding carboxylic acids is 2. The first kappa shape index (κ1) is 25.1. The van der Waals surface area contributed by atoms with E-state index in [0.29, 0.717) is 34.5 Å². The van der Waals surface area contributed by atoms with E-state index in [1.807, 2.05) is 4.90 Å². The van der Waals surface area contributed by atoms with E-state index in [9.17, 15) is 18.8 Å². The van der Waals surface area contributed by atoms with Crippen LogP contribution in [0.5, 0.6) is 0 Å². The molecule has 0 radical (unpaired) electrons. The third-order valence-electron chi connectivity index (χ3n) is 5.69. The number of benzene rings is 1. The van der Waals surface area contributed by atoms with Gasteiger partial charge in [-0.25, -0.2) is 4.39 Å². The zero-order valence-electron chi connectivity index (χ0n) is 18.9. The molecule has 0 aliphatic carbocycles. The average molecular weight is 519 g/mol. The number of methoxy groups -OCH3 is 1. The van der Waals surface area contributed by atoms with Crippen molar-refractivity contribution in [3.8, 4) is 5.69 Å². The van der Waals surface area contributed by atoms with E-state index in [1.54, 1.807) is 43.6 Å². The molecule has 2 atom stereocenters. The number of amides is 2. The molecule has 0 spiro atoms. The van der Waals surface area contributed by atoms with Gasteiger partial charge in [0.15, 0.2) is 0 Å². The van der Waals surface area contributed by atoms with Crippen LogP contribution in [0, 0.1) is 5.82 Å². The number of rotatable bonds is 8. The summed E-state index contributed by atoms with van der Waals surface area (Å²) in [4.78, 5) is 39.6. The fourth-order valence-electron chi connectivity index (χ4n) is 4.11. The van der Waals surface area contributed by atoms with Crippen LogP contribution in [-0.2, 0) is 9.53 Å². The highest BCUT2D eigenvalue weighted by atomic mass is 35.5. The van der Waals surface area contributed by atoms with Crippen LogP contribution in [0.4, 0.5) is 10.1 Å². The third kappa shape index (κ3) is 6.15. The lowest BCUT2D eigenvalue weighted by Crippen LogP contribution is -2.40. The lowest BCUT2D eigenvalue weighted by Gasteiger charge is -2.23. The smallest absolute Gasteiger partial charge is 0.261 e. The van der Waals surface area contributed by atoms with Crippen LogP contribution >= 0.6 is 22.9 Å². The largest absolute Gasteiger partial charge is 0.383 e. The predicted octanol–water partition coefficient (Wildman–Crippen LogP) is 3.15. The third-order valence-corrected chi connectivity index (χ3v) is 6.92. The van der Waals surface area contributed by atoms with Crippen LogP contribution in [0.15, 0.2) is 59.5 Å². The second-order valence-corrected chi connectivity index (χ2v) is 9.88. The summed E-state index contributed by atoms with van der Waals surface area (Å²) < 4.78 is 21.8. The van der Waals surface area contributed by atoms with Gasteiger partial charge in [0.05, 0.1) is 33.7 Å². The Kier molecular flexibility index (Phi) is 7.97. The zero-order valence-corrected chi connectivity index (χ0v) is 20.4. The van der Waals surface area contributed by atoms with Crippen molar-refractivity contribution in [2.75, 3.05) is 32.1 Å². The molecule has 8 nitrogen and oxygen atoms in total. The molecule has 0 saturated carbocycles. The topological polar surface area (TPSA) is 92.7 Å². The molecule has 11 heteroatoms. The summed E-state index contributed by atoms with van der Waals surface area (Å²) in [5.41, 5.74) is 0.0896. The number of pyridine rings is 1. The minimum absolute atomic E-state index is 0.00453. The number of halogens is 2. The molecule has 2 aromatic heterocycles. The van der Waals surface area contributed by atoms with Gasteiger partial charge in [0.25, 0.3) is 11.5 Å². The number of aromatic nitrogens is 1. The summed E-state index contributed by atoms with van der Waals surface area (Å²) >= 11 is 7.12. The summed E-state index contributed by atoms with van der Waals surface area (Å²) in [6.45, 7) is 0.842. The van der Waals surface area contributed by atoms with Gasteiger partial charge in [-0.3, -0.25) is 23.9 Å². The fourth-order valence-corrected chi connectivity index (χ4v) is 5.06. The van der Waals surface area contributed by atoms with Crippen LogP contribution in [-0.4, -0.2) is 60.2 Å². The highest BCUT2D eigenvalue weighted by molar-refractivity contribution is 7.18. The number of carbonyl (C=O) groups is 2. The Balaban J connectivity index is 1.38. The first-order chi connectivity index (χ1) is 16.8. The van der Waals surface area contributed by atoms with Gasteiger partial charge in [0, 0.05) is 44.1 Å². The number of nitrogens with zero attached hydrogens (tertiary/aromatic N) is 2. The first-order valence-corrected chi connectivity index (χ1v) is 12.1. The summed E-state index contributed by atoms with van der Waals surface area (Å²) in [7, 11) is 1.58. The minimum Gasteiger partial charge on any atom is -0.383 e. The van der Waals surface area contributed by atoms with E-state index >= 15 is 0 Å². The summed E-state index contributed by atoms with van der Waals surface area (Å²) in [5, 5.41) is 5.57. The minimum atomic E-state index is -0.652. The number of ether oxygens (including phenoxy) is 1. The number of likely N-dealkylation sites (tertiary alicyclic amines) is 1. The number of hydrogen-bond acceptors (Lipinski definition) is 6. The van der Waals surface area contributed by atoms with Crippen molar-refractivity contribution in [2.24, 2.45) is 0 Å². The Morgan fingerprint density at radius 2 is 2.06 bits per heavy atom. The Morgan fingerprint density at radius 1 is 1.23 bits per heavy atom. The van der Waals surface area contributed by atoms with Gasteiger partial charge in [-0.2, -0.15) is 0 Å². The van der Waals surface area contributed by atoms with Crippen molar-refractivity contribution >= 4 is 40.4 Å². The maximum absolute atomic E-state index is 14.7. The number of hydrogen-bond donors (Lipinski definition) is 2. The molecule has 35 heavy (non-hydrogen) atoms. The van der Waals surface area contributed by atoms with E-state index in [-0.39, 0.29) is 35.8 Å². The van der Waals surface area contributed by atoms with Gasteiger partial charge in [-0.05, 0) is 36.8 Å². The highest BCUT2D eigenvalue weighted by Gasteiger charge is 2.34. The van der Waals surface area contributed by atoms with Crippen molar-refractivity contribution in [2.45, 2.75) is 18.5 Å². The lowest BCUT2D eigenvalue weighted by molar-refractivity contribution is -0.117. The van der Waals surface area contributed by atoms with Gasteiger partial charge in [-0.1, -0.05) is 17.7 Å². The Hall–Kier alpha value is -3.05. The van der Waals surface area contributed by atoms with Crippen molar-refractivity contribution in [3.63, 3.8) is 0 Å². The van der Waals surface area contributed by atoms with E-state index in [0.717, 1.165) is 0 Å². The molecule has 4 rings (SSSR count). The van der Waals surface area contributed by atoms with Gasteiger partial charge in [0.2, 0.25) is 5.91 Å². The van der Waals surface area contributed by atoms with Crippen LogP contribution in [0.2, 0.25) is 4.34 Å². The molecule has 1 saturated heterocycles. The van der Waals surface area contributed by atoms with Crippen molar-refractivity contribution < 1.29 is 18.7 Å². The Bertz CT molecular complexity index is 1280. The van der Waals surface area contributed by atoms with Crippen molar-refractivity contribution in [3.05, 3.63) is 80.1 Å². The van der Waals surface area contributed by atoms with Crippen LogP contribution < -0.4 is 16.2 Å². The molecule has 1 aromatic carbocycles. The fraction of sp³-hybridized carbons (Fsp3) is 0.292. The van der Waals surface area contributed by atoms with Gasteiger partial charge < -0.3 is 15.4 Å². The van der Waals surface area contributed by atoms with Crippen molar-refractivity contribution in [1.29, 1.82) is 0 Å². The predicted molar refractivity (Wildman–Crippen MR) is 133 cm³/mol. The normalized spacial score (nSPS) is 17.9. The number of thiophene rings is 1. The van der Waals surface area contributed by atoms with Gasteiger partial charge in [0.1, 0.15) is 5.82 Å². The average Bonchev–Trinajstić information content (AvgIpc) is 3.41. The molecule has 0 unspecified atom stereocenters. The quantitative estimate of drug-likeness (QED) is 0.478. The summed E-state index contributed by atoms with van der Waals surface area (Å²) in [5.74, 6) is -1.26. The maximum atomic E-state index is 14.7. The van der Waals surface area contributed by atoms with E-state index in [2.05, 4.69) is 10.6 Å². The molecule has 1 aliphatic rings. The van der Waals surface area contributed by atoms with Gasteiger partial charge >= 0.3 is 0 Å². The van der Waals surface area contributed by atoms with E-state index in [4.69, 9.17) is 16.3 Å². The second-order valence-electron chi connectivity index (χ2n) is 8.17. The van der Waals surface area contributed by atoms with Crippen molar-refractivity contribution in [1.82, 2.24) is 14.8 Å². The molecule has 0 bridgehead atoms. The van der Waals surface area contributed by atoms with Crippen LogP contribution in [0.25, 0.3) is 5.69 Å². The monoisotopic (exact) mass is 518 g/mol. The van der Waals surface area contributed by atoms with Gasteiger partial charge in [-0.15, -0.1) is 11.3 Å². The van der Waals surface area contributed by atoms with E-state index in [1.165, 1.54) is 34.1 Å². The standard InChI is InChI=1S/C24H24ClFN4O4S/c1-34-14-17-10-15(27-24(33)20-7-8-21(25)35-20)12-29(17)13-22(31)28-19-6-5-16(11-18(19)26)30-9-3-2-4-23(30)32/h2-9,11,15,17H,10,12-14H2,1H3,(H,27,33)(H,28,31)/t15-,17+/m1/s1. The molecule has 3 heterocycles.